The van der Waals surface area contributed by atoms with Gasteiger partial charge in [0.2, 0.25) is 5.91 Å². The number of esters is 1. The molecular weight excluding hydrogens is 595 g/mol. The van der Waals surface area contributed by atoms with Crippen LogP contribution in [-0.4, -0.2) is 44.9 Å². The number of nitrogens with zero attached hydrogens (tertiary/aromatic N) is 3. The molecule has 220 valence electrons. The van der Waals surface area contributed by atoms with Crippen LogP contribution in [0, 0.1) is 0 Å². The smallest absolute Gasteiger partial charge is 0.416 e. The second-order valence-electron chi connectivity index (χ2n) is 9.06. The molecule has 0 saturated heterocycles. The lowest BCUT2D eigenvalue weighted by Crippen LogP contribution is -2.24. The summed E-state index contributed by atoms with van der Waals surface area (Å²) in [5.74, 6) is -1.49. The zero-order chi connectivity index (χ0) is 29.9. The van der Waals surface area contributed by atoms with E-state index in [0.29, 0.717) is 10.6 Å². The largest absolute Gasteiger partial charge is 0.462 e. The van der Waals surface area contributed by atoms with Gasteiger partial charge in [-0.05, 0) is 62.1 Å². The molecule has 0 fully saturated rings. The first-order valence-electron chi connectivity index (χ1n) is 12.8. The van der Waals surface area contributed by atoms with E-state index in [4.69, 9.17) is 9.15 Å². The fraction of sp³-hybridized carbons (Fsp3) is 0.296. The number of nitrogens with one attached hydrogen (secondary N) is 2. The van der Waals surface area contributed by atoms with E-state index in [1.165, 1.54) is 40.4 Å². The zero-order valence-corrected chi connectivity index (χ0v) is 23.8. The molecule has 1 aliphatic rings. The first-order chi connectivity index (χ1) is 20.2. The Bertz CT molecular complexity index is 1610. The topological polar surface area (TPSA) is 128 Å². The molecule has 1 aliphatic carbocycles. The molecule has 0 aliphatic heterocycles. The lowest BCUT2D eigenvalue weighted by molar-refractivity contribution is -0.137. The maximum absolute atomic E-state index is 13.5. The zero-order valence-electron chi connectivity index (χ0n) is 22.1. The van der Waals surface area contributed by atoms with Gasteiger partial charge in [0.25, 0.3) is 5.91 Å². The second kappa shape index (κ2) is 12.4. The Kier molecular flexibility index (Phi) is 8.68. The van der Waals surface area contributed by atoms with E-state index in [1.807, 2.05) is 0 Å². The fourth-order valence-electron chi connectivity index (χ4n) is 4.45. The monoisotopic (exact) mass is 619 g/mol. The van der Waals surface area contributed by atoms with E-state index < -0.39 is 29.5 Å². The van der Waals surface area contributed by atoms with Crippen molar-refractivity contribution in [2.24, 2.45) is 0 Å². The molecule has 0 unspecified atom stereocenters. The molecule has 15 heteroatoms. The second-order valence-corrected chi connectivity index (χ2v) is 11.1. The number of hydrogen-bond donors (Lipinski definition) is 2. The summed E-state index contributed by atoms with van der Waals surface area (Å²) in [6, 6.07) is 7.56. The van der Waals surface area contributed by atoms with Crippen LogP contribution in [0.5, 0.6) is 0 Å². The van der Waals surface area contributed by atoms with Crippen LogP contribution in [0.15, 0.2) is 52.2 Å². The number of halogens is 3. The van der Waals surface area contributed by atoms with Gasteiger partial charge in [0.05, 0.1) is 42.0 Å². The number of thioether (sulfide) groups is 1. The number of carbonyl (C=O) groups excluding carboxylic acids is 3. The number of hydrogen-bond acceptors (Lipinski definition) is 9. The number of ether oxygens (including phenoxy) is 1. The molecule has 2 N–H and O–H groups in total. The molecular formula is C27H24F3N5O5S2. The normalized spacial score (nSPS) is 12.7. The molecule has 4 aromatic rings. The van der Waals surface area contributed by atoms with Crippen LogP contribution in [-0.2, 0) is 35.1 Å². The average molecular weight is 620 g/mol. The fourth-order valence-corrected chi connectivity index (χ4v) is 6.51. The van der Waals surface area contributed by atoms with E-state index in [9.17, 15) is 27.6 Å². The van der Waals surface area contributed by atoms with Crippen LogP contribution in [0.4, 0.5) is 18.2 Å². The van der Waals surface area contributed by atoms with Crippen molar-refractivity contribution >= 4 is 45.9 Å². The van der Waals surface area contributed by atoms with Crippen molar-refractivity contribution in [1.29, 1.82) is 0 Å². The number of amides is 2. The minimum Gasteiger partial charge on any atom is -0.462 e. The van der Waals surface area contributed by atoms with Crippen LogP contribution in [0.2, 0.25) is 0 Å². The van der Waals surface area contributed by atoms with Gasteiger partial charge in [-0.15, -0.1) is 21.5 Å². The van der Waals surface area contributed by atoms with E-state index >= 15 is 0 Å². The summed E-state index contributed by atoms with van der Waals surface area (Å²) in [5.41, 5.74) is 0.478. The molecule has 2 amide bonds. The van der Waals surface area contributed by atoms with Crippen molar-refractivity contribution in [1.82, 2.24) is 20.1 Å². The third-order valence-corrected chi connectivity index (χ3v) is 8.41. The third kappa shape index (κ3) is 6.36. The highest BCUT2D eigenvalue weighted by molar-refractivity contribution is 7.99. The van der Waals surface area contributed by atoms with E-state index in [1.54, 1.807) is 13.0 Å². The molecule has 1 aromatic carbocycles. The van der Waals surface area contributed by atoms with Crippen LogP contribution in [0.3, 0.4) is 0 Å². The number of fused-ring (bicyclic) bond motifs is 1. The number of furan rings is 1. The van der Waals surface area contributed by atoms with Gasteiger partial charge < -0.3 is 19.8 Å². The third-order valence-electron chi connectivity index (χ3n) is 6.27. The Morgan fingerprint density at radius 3 is 2.74 bits per heavy atom. The number of benzene rings is 1. The predicted molar refractivity (Wildman–Crippen MR) is 148 cm³/mol. The van der Waals surface area contributed by atoms with Crippen molar-refractivity contribution in [3.05, 3.63) is 75.8 Å². The Morgan fingerprint density at radius 2 is 2.00 bits per heavy atom. The summed E-state index contributed by atoms with van der Waals surface area (Å²) in [4.78, 5) is 39.0. The molecule has 10 nitrogen and oxygen atoms in total. The molecule has 3 heterocycles. The van der Waals surface area contributed by atoms with Crippen LogP contribution < -0.4 is 10.6 Å². The molecule has 0 radical (unpaired) electrons. The first-order valence-corrected chi connectivity index (χ1v) is 14.6. The van der Waals surface area contributed by atoms with Gasteiger partial charge in [-0.2, -0.15) is 13.2 Å². The molecule has 0 saturated carbocycles. The average Bonchev–Trinajstić information content (AvgIpc) is 3.75. The molecule has 42 heavy (non-hydrogen) atoms. The van der Waals surface area contributed by atoms with Gasteiger partial charge >= 0.3 is 12.1 Å². The molecule has 0 bridgehead atoms. The quantitative estimate of drug-likeness (QED) is 0.182. The molecule has 0 atom stereocenters. The van der Waals surface area contributed by atoms with Gasteiger partial charge in [-0.3, -0.25) is 14.2 Å². The van der Waals surface area contributed by atoms with Crippen molar-refractivity contribution < 1.29 is 36.7 Å². The van der Waals surface area contributed by atoms with Crippen molar-refractivity contribution in [3.63, 3.8) is 0 Å². The summed E-state index contributed by atoms with van der Waals surface area (Å²) in [7, 11) is 0. The lowest BCUT2D eigenvalue weighted by atomic mass is 10.1. The van der Waals surface area contributed by atoms with Gasteiger partial charge in [0, 0.05) is 4.88 Å². The lowest BCUT2D eigenvalue weighted by Gasteiger charge is -2.13. The van der Waals surface area contributed by atoms with Crippen LogP contribution in [0.1, 0.15) is 56.1 Å². The van der Waals surface area contributed by atoms with Crippen molar-refractivity contribution in [2.45, 2.75) is 44.1 Å². The summed E-state index contributed by atoms with van der Waals surface area (Å²) in [5, 5.41) is 14.1. The number of aryl methyl sites for hydroxylation is 1. The molecule has 0 spiro atoms. The van der Waals surface area contributed by atoms with Gasteiger partial charge in [0.1, 0.15) is 5.00 Å². The Hall–Kier alpha value is -4.11. The highest BCUT2D eigenvalue weighted by Crippen LogP contribution is 2.40. The summed E-state index contributed by atoms with van der Waals surface area (Å²) < 4.78 is 52.1. The number of rotatable bonds is 10. The highest BCUT2D eigenvalue weighted by atomic mass is 32.2. The van der Waals surface area contributed by atoms with Gasteiger partial charge in [-0.1, -0.05) is 17.8 Å². The first kappa shape index (κ1) is 29.4. The Balaban J connectivity index is 1.37. The van der Waals surface area contributed by atoms with Crippen molar-refractivity contribution in [3.8, 4) is 5.69 Å². The van der Waals surface area contributed by atoms with Crippen LogP contribution in [0.25, 0.3) is 5.69 Å². The number of anilines is 1. The molecule has 5 rings (SSSR count). The van der Waals surface area contributed by atoms with Crippen LogP contribution >= 0.6 is 23.1 Å². The number of carbonyl (C=O) groups is 3. The Labute approximate surface area is 245 Å². The SMILES string of the molecule is CCOC(=O)c1c(NC(=O)CSc2nnc(CNC(=O)c3ccco3)n2-c2cccc(C(F)(F)F)c2)sc2c1CCC2. The van der Waals surface area contributed by atoms with Gasteiger partial charge in [-0.25, -0.2) is 4.79 Å². The number of thiophene rings is 1. The van der Waals surface area contributed by atoms with Crippen molar-refractivity contribution in [2.75, 3.05) is 17.7 Å². The number of aromatic nitrogens is 3. The van der Waals surface area contributed by atoms with E-state index in [0.717, 1.165) is 53.6 Å². The Morgan fingerprint density at radius 1 is 1.17 bits per heavy atom. The van der Waals surface area contributed by atoms with E-state index in [2.05, 4.69) is 20.8 Å². The molecule has 3 aromatic heterocycles. The number of alkyl halides is 3. The highest BCUT2D eigenvalue weighted by Gasteiger charge is 2.31. The predicted octanol–water partition coefficient (Wildman–Crippen LogP) is 5.27. The maximum Gasteiger partial charge on any atom is 0.416 e. The minimum absolute atomic E-state index is 0.0492. The van der Waals surface area contributed by atoms with Gasteiger partial charge in [0.15, 0.2) is 16.7 Å². The minimum atomic E-state index is -4.59. The standard InChI is InChI=1S/C27H24F3N5O5S2/c1-2-39-25(38)22-17-8-4-10-19(17)42-24(22)32-21(36)14-41-26-34-33-20(13-31-23(37)18-9-5-11-40-18)35(26)16-7-3-6-15(12-16)27(28,29)30/h3,5-7,9,11-12H,2,4,8,10,13-14H2,1H3,(H,31,37)(H,32,36). The summed E-state index contributed by atoms with van der Waals surface area (Å²) in [6.45, 7) is 1.72. The summed E-state index contributed by atoms with van der Waals surface area (Å²) >= 11 is 2.28. The van der Waals surface area contributed by atoms with E-state index in [-0.39, 0.29) is 41.3 Å². The summed E-state index contributed by atoms with van der Waals surface area (Å²) in [6.07, 6.45) is -0.796. The maximum atomic E-state index is 13.5.